The molecule has 6 rings (SSSR count). The molecule has 1 fully saturated rings. The van der Waals surface area contributed by atoms with Gasteiger partial charge in [0.25, 0.3) is 0 Å². The molecule has 1 saturated heterocycles. The number of fused-ring (bicyclic) bond motifs is 1. The van der Waals surface area contributed by atoms with Gasteiger partial charge in [-0.3, -0.25) is 20.2 Å². The van der Waals surface area contributed by atoms with E-state index in [1.165, 1.54) is 0 Å². The summed E-state index contributed by atoms with van der Waals surface area (Å²) in [6.45, 7) is 10.8. The van der Waals surface area contributed by atoms with Crippen molar-refractivity contribution in [3.8, 4) is 11.3 Å². The number of rotatable bonds is 16. The Balaban J connectivity index is 1.21. The Morgan fingerprint density at radius 1 is 0.879 bits per heavy atom. The number of ether oxygens (including phenoxy) is 1. The monoisotopic (exact) mass is 785 g/mol. The van der Waals surface area contributed by atoms with Gasteiger partial charge in [-0.25, -0.2) is 14.6 Å². The number of carbonyl (C=O) groups is 3. The number of aromatic nitrogens is 2. The molecule has 0 radical (unpaired) electrons. The first-order chi connectivity index (χ1) is 27.9. The molecule has 4 amide bonds. The molecule has 0 saturated carbocycles. The van der Waals surface area contributed by atoms with E-state index in [1.807, 2.05) is 117 Å². The summed E-state index contributed by atoms with van der Waals surface area (Å²) in [7, 11) is 0. The summed E-state index contributed by atoms with van der Waals surface area (Å²) in [5.74, 6) is -0.504. The quantitative estimate of drug-likeness (QED) is 0.0912. The first kappa shape index (κ1) is 41.8. The van der Waals surface area contributed by atoms with E-state index in [0.717, 1.165) is 38.9 Å². The van der Waals surface area contributed by atoms with Crippen molar-refractivity contribution >= 4 is 28.9 Å². The number of nitrogens with zero attached hydrogens (tertiary/aromatic N) is 5. The number of urea groups is 1. The predicted octanol–water partition coefficient (Wildman–Crippen LogP) is 6.98. The van der Waals surface area contributed by atoms with Crippen LogP contribution in [0.5, 0.6) is 0 Å². The number of para-hydroxylation sites is 1. The fourth-order valence-corrected chi connectivity index (χ4v) is 7.32. The Bertz CT molecular complexity index is 2120. The van der Waals surface area contributed by atoms with Gasteiger partial charge < -0.3 is 25.0 Å². The average molecular weight is 786 g/mol. The van der Waals surface area contributed by atoms with Crippen molar-refractivity contribution in [1.29, 1.82) is 0 Å². The Kier molecular flexibility index (Phi) is 13.7. The summed E-state index contributed by atoms with van der Waals surface area (Å²) in [5.41, 5.74) is 7.52. The Hall–Kier alpha value is -5.85. The fourth-order valence-electron chi connectivity index (χ4n) is 7.32. The van der Waals surface area contributed by atoms with Crippen LogP contribution in [0.4, 0.5) is 9.59 Å². The molecule has 58 heavy (non-hydrogen) atoms. The average Bonchev–Trinajstić information content (AvgIpc) is 3.56. The maximum Gasteiger partial charge on any atom is 0.422 e. The highest BCUT2D eigenvalue weighted by Gasteiger charge is 2.41. The molecule has 4 unspecified atom stereocenters. The van der Waals surface area contributed by atoms with E-state index in [9.17, 15) is 19.5 Å². The molecule has 1 aliphatic heterocycles. The second-order valence-corrected chi connectivity index (χ2v) is 16.0. The van der Waals surface area contributed by atoms with Gasteiger partial charge in [0.1, 0.15) is 11.6 Å². The highest BCUT2D eigenvalue weighted by molar-refractivity contribution is 5.89. The molecule has 0 bridgehead atoms. The summed E-state index contributed by atoms with van der Waals surface area (Å²) in [4.78, 5) is 54.1. The third-order valence-electron chi connectivity index (χ3n) is 10.4. The molecule has 0 aliphatic carbocycles. The van der Waals surface area contributed by atoms with Gasteiger partial charge in [0, 0.05) is 56.1 Å². The molecule has 3 N–H and O–H groups in total. The zero-order chi connectivity index (χ0) is 41.2. The van der Waals surface area contributed by atoms with Gasteiger partial charge in [0.05, 0.1) is 23.4 Å². The number of aliphatic hydroxyl groups excluding tert-OH is 1. The van der Waals surface area contributed by atoms with Gasteiger partial charge in [-0.15, -0.1) is 0 Å². The summed E-state index contributed by atoms with van der Waals surface area (Å²) in [6, 6.07) is 31.3. The smallest absolute Gasteiger partial charge is 0.422 e. The predicted molar refractivity (Wildman–Crippen MR) is 225 cm³/mol. The molecule has 3 aromatic carbocycles. The minimum atomic E-state index is -1.14. The third kappa shape index (κ3) is 11.0. The first-order valence-corrected chi connectivity index (χ1v) is 20.0. The maximum atomic E-state index is 14.5. The Morgan fingerprint density at radius 3 is 2.31 bits per heavy atom. The van der Waals surface area contributed by atoms with Crippen molar-refractivity contribution in [3.63, 3.8) is 0 Å². The van der Waals surface area contributed by atoms with E-state index in [-0.39, 0.29) is 30.9 Å². The highest BCUT2D eigenvalue weighted by atomic mass is 16.6. The van der Waals surface area contributed by atoms with Crippen molar-refractivity contribution in [2.75, 3.05) is 19.6 Å². The number of hydrazine groups is 1. The van der Waals surface area contributed by atoms with Gasteiger partial charge in [-0.05, 0) is 74.1 Å². The van der Waals surface area contributed by atoms with Crippen LogP contribution in [0.25, 0.3) is 22.2 Å². The normalized spacial score (nSPS) is 15.3. The van der Waals surface area contributed by atoms with Crippen LogP contribution in [0.15, 0.2) is 116 Å². The lowest BCUT2D eigenvalue weighted by molar-refractivity contribution is -0.128. The SMILES string of the molecule is CCC(C)C(C(=O)NC(Cc1ccccc1)C(O)CN(Cc1ccc(-c2ccccn2)cc1)NC(=O)OC(C)(C)C)N1CCN(Cc2ccnc3ccccc23)C1=O. The van der Waals surface area contributed by atoms with Crippen LogP contribution < -0.4 is 10.7 Å². The van der Waals surface area contributed by atoms with Crippen molar-refractivity contribution in [2.45, 2.75) is 84.3 Å². The van der Waals surface area contributed by atoms with Gasteiger partial charge in [-0.2, -0.15) is 0 Å². The first-order valence-electron chi connectivity index (χ1n) is 20.0. The zero-order valence-corrected chi connectivity index (χ0v) is 34.0. The lowest BCUT2D eigenvalue weighted by Crippen LogP contribution is -2.58. The van der Waals surface area contributed by atoms with E-state index in [2.05, 4.69) is 20.7 Å². The molecular formula is C46H55N7O5. The van der Waals surface area contributed by atoms with Gasteiger partial charge >= 0.3 is 12.1 Å². The largest absolute Gasteiger partial charge is 0.443 e. The van der Waals surface area contributed by atoms with Crippen LogP contribution >= 0.6 is 0 Å². The highest BCUT2D eigenvalue weighted by Crippen LogP contribution is 2.25. The summed E-state index contributed by atoms with van der Waals surface area (Å²) < 4.78 is 5.59. The molecule has 2 aromatic heterocycles. The topological polar surface area (TPSA) is 140 Å². The lowest BCUT2D eigenvalue weighted by atomic mass is 9.95. The number of hydrogen-bond acceptors (Lipinski definition) is 8. The Labute approximate surface area is 341 Å². The van der Waals surface area contributed by atoms with Crippen LogP contribution in [0.2, 0.25) is 0 Å². The number of pyridine rings is 2. The lowest BCUT2D eigenvalue weighted by Gasteiger charge is -2.35. The van der Waals surface area contributed by atoms with Crippen molar-refractivity contribution < 1.29 is 24.2 Å². The standard InChI is InChI=1S/C46H55N7O5/c1-6-32(2)42(53-27-26-51(45(53)57)30-36-23-25-48-39-18-11-10-16-37(36)39)43(55)49-40(28-33-14-8-7-9-15-33)41(54)31-52(50-44(56)58-46(3,4)5)29-34-19-21-35(22-20-34)38-17-12-13-24-47-38/h7-25,32,40-42,54H,6,26-31H2,1-5H3,(H,49,55)(H,50,56). The number of carbonyl (C=O) groups excluding carboxylic acids is 3. The van der Waals surface area contributed by atoms with Crippen LogP contribution in [0, 0.1) is 5.92 Å². The third-order valence-corrected chi connectivity index (χ3v) is 10.4. The molecule has 1 aliphatic rings. The van der Waals surface area contributed by atoms with E-state index in [0.29, 0.717) is 32.5 Å². The molecule has 3 heterocycles. The van der Waals surface area contributed by atoms with Crippen molar-refractivity contribution in [2.24, 2.45) is 5.92 Å². The minimum absolute atomic E-state index is 0.0384. The van der Waals surface area contributed by atoms with Crippen LogP contribution in [-0.2, 0) is 29.0 Å². The molecule has 12 nitrogen and oxygen atoms in total. The minimum Gasteiger partial charge on any atom is -0.443 e. The van der Waals surface area contributed by atoms with E-state index in [1.54, 1.807) is 48.0 Å². The Morgan fingerprint density at radius 2 is 1.60 bits per heavy atom. The van der Waals surface area contributed by atoms with Crippen molar-refractivity contribution in [1.82, 2.24) is 35.5 Å². The van der Waals surface area contributed by atoms with Gasteiger partial charge in [0.15, 0.2) is 0 Å². The zero-order valence-electron chi connectivity index (χ0n) is 34.0. The summed E-state index contributed by atoms with van der Waals surface area (Å²) >= 11 is 0. The number of amides is 4. The number of hydrogen-bond donors (Lipinski definition) is 3. The maximum absolute atomic E-state index is 14.5. The summed E-state index contributed by atoms with van der Waals surface area (Å²) in [5, 5.41) is 17.8. The fraction of sp³-hybridized carbons (Fsp3) is 0.370. The van der Waals surface area contributed by atoms with Gasteiger partial charge in [-0.1, -0.05) is 99.1 Å². The molecule has 304 valence electrons. The second-order valence-electron chi connectivity index (χ2n) is 16.0. The molecule has 12 heteroatoms. The van der Waals surface area contributed by atoms with E-state index >= 15 is 0 Å². The number of benzene rings is 3. The van der Waals surface area contributed by atoms with Crippen LogP contribution in [-0.4, -0.2) is 91.3 Å². The molecule has 0 spiro atoms. The van der Waals surface area contributed by atoms with Gasteiger partial charge in [0.2, 0.25) is 5.91 Å². The van der Waals surface area contributed by atoms with E-state index in [4.69, 9.17) is 4.74 Å². The van der Waals surface area contributed by atoms with Crippen LogP contribution in [0.1, 0.15) is 57.7 Å². The molecule has 5 aromatic rings. The molecule has 4 atom stereocenters. The summed E-state index contributed by atoms with van der Waals surface area (Å²) in [6.07, 6.45) is 2.67. The van der Waals surface area contributed by atoms with E-state index < -0.39 is 29.9 Å². The number of aliphatic hydroxyl groups is 1. The van der Waals surface area contributed by atoms with Crippen molar-refractivity contribution in [3.05, 3.63) is 132 Å². The second kappa shape index (κ2) is 19.1. The molecular weight excluding hydrogens is 731 g/mol. The van der Waals surface area contributed by atoms with Crippen LogP contribution in [0.3, 0.4) is 0 Å². The number of nitrogens with one attached hydrogen (secondary N) is 2.